The van der Waals surface area contributed by atoms with Crippen LogP contribution in [0.5, 0.6) is 0 Å². The van der Waals surface area contributed by atoms with Gasteiger partial charge in [-0.3, -0.25) is 0 Å². The molecule has 0 spiro atoms. The van der Waals surface area contributed by atoms with Gasteiger partial charge in [-0.2, -0.15) is 0 Å². The van der Waals surface area contributed by atoms with E-state index in [0.29, 0.717) is 12.2 Å². The fourth-order valence-electron chi connectivity index (χ4n) is 3.28. The third-order valence-corrected chi connectivity index (χ3v) is 4.31. The molecule has 2 aliphatic rings. The number of carbonyl (C=O) groups is 1. The Labute approximate surface area is 107 Å². The highest BCUT2D eigenvalue weighted by Gasteiger charge is 2.40. The minimum absolute atomic E-state index is 0.152. The molecule has 1 aliphatic heterocycles. The van der Waals surface area contributed by atoms with Crippen molar-refractivity contribution in [2.75, 3.05) is 6.61 Å². The average molecular weight is 246 g/mol. The molecule has 1 unspecified atom stereocenters. The highest BCUT2D eigenvalue weighted by molar-refractivity contribution is 5.93. The minimum Gasteiger partial charge on any atom is -0.462 e. The number of rotatable bonds is 0. The number of fused-ring (bicyclic) bond motifs is 2. The summed E-state index contributed by atoms with van der Waals surface area (Å²) in [7, 11) is 0. The van der Waals surface area contributed by atoms with Gasteiger partial charge in [0.1, 0.15) is 0 Å². The molecule has 18 heavy (non-hydrogen) atoms. The molecule has 0 saturated carbocycles. The SMILES string of the molecule is Cc1c2c(cc3c1C(O)C(C)(C)C3)C(=O)OCC2. The van der Waals surface area contributed by atoms with Gasteiger partial charge in [0, 0.05) is 6.42 Å². The molecule has 3 nitrogen and oxygen atoms in total. The zero-order valence-electron chi connectivity index (χ0n) is 11.0. The van der Waals surface area contributed by atoms with Gasteiger partial charge in [0.05, 0.1) is 18.3 Å². The number of benzene rings is 1. The van der Waals surface area contributed by atoms with Crippen molar-refractivity contribution in [2.24, 2.45) is 5.41 Å². The maximum atomic E-state index is 11.8. The molecular formula is C15H18O3. The van der Waals surface area contributed by atoms with Gasteiger partial charge in [-0.1, -0.05) is 13.8 Å². The van der Waals surface area contributed by atoms with Crippen LogP contribution in [0.3, 0.4) is 0 Å². The van der Waals surface area contributed by atoms with Crippen LogP contribution in [0.2, 0.25) is 0 Å². The average Bonchev–Trinajstić information content (AvgIpc) is 2.52. The maximum Gasteiger partial charge on any atom is 0.338 e. The fourth-order valence-corrected chi connectivity index (χ4v) is 3.28. The Morgan fingerprint density at radius 3 is 2.89 bits per heavy atom. The summed E-state index contributed by atoms with van der Waals surface area (Å²) in [5.41, 5.74) is 4.82. The van der Waals surface area contributed by atoms with Crippen molar-refractivity contribution in [2.45, 2.75) is 39.7 Å². The molecular weight excluding hydrogens is 228 g/mol. The van der Waals surface area contributed by atoms with E-state index in [9.17, 15) is 9.90 Å². The van der Waals surface area contributed by atoms with E-state index in [1.165, 1.54) is 0 Å². The van der Waals surface area contributed by atoms with E-state index in [4.69, 9.17) is 4.74 Å². The topological polar surface area (TPSA) is 46.5 Å². The molecule has 0 saturated heterocycles. The van der Waals surface area contributed by atoms with Crippen LogP contribution in [0.15, 0.2) is 6.07 Å². The summed E-state index contributed by atoms with van der Waals surface area (Å²) in [6.45, 7) is 6.59. The van der Waals surface area contributed by atoms with Crippen molar-refractivity contribution in [1.29, 1.82) is 0 Å². The van der Waals surface area contributed by atoms with E-state index in [1.54, 1.807) is 0 Å². The number of hydrogen-bond donors (Lipinski definition) is 1. The zero-order valence-corrected chi connectivity index (χ0v) is 11.0. The zero-order chi connectivity index (χ0) is 13.1. The Kier molecular flexibility index (Phi) is 2.33. The summed E-state index contributed by atoms with van der Waals surface area (Å²) >= 11 is 0. The van der Waals surface area contributed by atoms with Gasteiger partial charge in [-0.15, -0.1) is 0 Å². The Morgan fingerprint density at radius 1 is 1.44 bits per heavy atom. The number of ether oxygens (including phenoxy) is 1. The molecule has 0 bridgehead atoms. The van der Waals surface area contributed by atoms with Crippen LogP contribution in [0.1, 0.15) is 52.6 Å². The molecule has 0 radical (unpaired) electrons. The normalized spacial score (nSPS) is 24.4. The Morgan fingerprint density at radius 2 is 2.17 bits per heavy atom. The van der Waals surface area contributed by atoms with Crippen LogP contribution < -0.4 is 0 Å². The molecule has 3 rings (SSSR count). The summed E-state index contributed by atoms with van der Waals surface area (Å²) < 4.78 is 5.10. The monoisotopic (exact) mass is 246 g/mol. The van der Waals surface area contributed by atoms with Crippen molar-refractivity contribution in [3.8, 4) is 0 Å². The first-order valence-corrected chi connectivity index (χ1v) is 6.42. The van der Waals surface area contributed by atoms with E-state index in [2.05, 4.69) is 13.8 Å². The second-order valence-electron chi connectivity index (χ2n) is 6.05. The van der Waals surface area contributed by atoms with Crippen LogP contribution in [0, 0.1) is 12.3 Å². The smallest absolute Gasteiger partial charge is 0.338 e. The summed E-state index contributed by atoms with van der Waals surface area (Å²) in [6.07, 6.45) is 1.13. The molecule has 0 amide bonds. The molecule has 96 valence electrons. The Hall–Kier alpha value is -1.35. The fraction of sp³-hybridized carbons (Fsp3) is 0.533. The maximum absolute atomic E-state index is 11.8. The first-order chi connectivity index (χ1) is 8.42. The van der Waals surface area contributed by atoms with Crippen LogP contribution >= 0.6 is 0 Å². The largest absolute Gasteiger partial charge is 0.462 e. The molecule has 1 aromatic carbocycles. The van der Waals surface area contributed by atoms with E-state index in [-0.39, 0.29) is 11.4 Å². The van der Waals surface area contributed by atoms with E-state index in [1.807, 2.05) is 13.0 Å². The predicted molar refractivity (Wildman–Crippen MR) is 67.6 cm³/mol. The Balaban J connectivity index is 2.23. The highest BCUT2D eigenvalue weighted by atomic mass is 16.5. The number of aliphatic hydroxyl groups excluding tert-OH is 1. The van der Waals surface area contributed by atoms with E-state index >= 15 is 0 Å². The lowest BCUT2D eigenvalue weighted by molar-refractivity contribution is 0.0478. The molecule has 1 atom stereocenters. The Bertz CT molecular complexity index is 543. The van der Waals surface area contributed by atoms with E-state index < -0.39 is 6.10 Å². The molecule has 1 N–H and O–H groups in total. The van der Waals surface area contributed by atoms with Crippen molar-refractivity contribution in [1.82, 2.24) is 0 Å². The van der Waals surface area contributed by atoms with Crippen LogP contribution in [-0.4, -0.2) is 17.7 Å². The second-order valence-corrected chi connectivity index (χ2v) is 6.05. The predicted octanol–water partition coefficient (Wildman–Crippen LogP) is 2.32. The van der Waals surface area contributed by atoms with Crippen molar-refractivity contribution >= 4 is 5.97 Å². The lowest BCUT2D eigenvalue weighted by Gasteiger charge is -2.24. The number of aliphatic hydroxyl groups is 1. The molecule has 0 fully saturated rings. The first kappa shape index (κ1) is 11.7. The van der Waals surface area contributed by atoms with Crippen molar-refractivity contribution in [3.63, 3.8) is 0 Å². The highest BCUT2D eigenvalue weighted by Crippen LogP contribution is 2.48. The summed E-state index contributed by atoms with van der Waals surface area (Å²) in [5, 5.41) is 10.4. The molecule has 0 aromatic heterocycles. The molecule has 1 aliphatic carbocycles. The third kappa shape index (κ3) is 1.43. The minimum atomic E-state index is -0.434. The van der Waals surface area contributed by atoms with Gasteiger partial charge in [-0.25, -0.2) is 4.79 Å². The lowest BCUT2D eigenvalue weighted by Crippen LogP contribution is -2.20. The van der Waals surface area contributed by atoms with Crippen molar-refractivity contribution in [3.05, 3.63) is 33.9 Å². The van der Waals surface area contributed by atoms with Gasteiger partial charge in [0.2, 0.25) is 0 Å². The quantitative estimate of drug-likeness (QED) is 0.715. The second kappa shape index (κ2) is 3.58. The third-order valence-electron chi connectivity index (χ3n) is 4.31. The van der Waals surface area contributed by atoms with Gasteiger partial charge >= 0.3 is 5.97 Å². The standard InChI is InChI=1S/C15H18O3/c1-8-10-4-5-18-14(17)11(10)6-9-7-15(2,3)13(16)12(8)9/h6,13,16H,4-5,7H2,1-3H3. The molecule has 1 heterocycles. The van der Waals surface area contributed by atoms with Crippen LogP contribution in [0.25, 0.3) is 0 Å². The summed E-state index contributed by atoms with van der Waals surface area (Å²) in [6, 6.07) is 1.93. The van der Waals surface area contributed by atoms with Gasteiger partial charge in [0.25, 0.3) is 0 Å². The summed E-state index contributed by atoms with van der Waals surface area (Å²) in [4.78, 5) is 11.8. The van der Waals surface area contributed by atoms with E-state index in [0.717, 1.165) is 35.1 Å². The van der Waals surface area contributed by atoms with Crippen LogP contribution in [0.4, 0.5) is 0 Å². The number of esters is 1. The number of hydrogen-bond acceptors (Lipinski definition) is 3. The van der Waals surface area contributed by atoms with Gasteiger partial charge < -0.3 is 9.84 Å². The summed E-state index contributed by atoms with van der Waals surface area (Å²) in [5.74, 6) is -0.221. The molecule has 1 aromatic rings. The van der Waals surface area contributed by atoms with Crippen molar-refractivity contribution < 1.29 is 14.6 Å². The van der Waals surface area contributed by atoms with Gasteiger partial charge in [-0.05, 0) is 47.1 Å². The molecule has 3 heteroatoms. The number of carbonyl (C=O) groups excluding carboxylic acids is 1. The lowest BCUT2D eigenvalue weighted by atomic mass is 9.86. The number of cyclic esters (lactones) is 1. The first-order valence-electron chi connectivity index (χ1n) is 6.42. The van der Waals surface area contributed by atoms with Gasteiger partial charge in [0.15, 0.2) is 0 Å². The van der Waals surface area contributed by atoms with Crippen LogP contribution in [-0.2, 0) is 17.6 Å².